The van der Waals surface area contributed by atoms with Crippen LogP contribution in [0, 0.1) is 0 Å². The molecule has 2 aromatic rings. The van der Waals surface area contributed by atoms with Crippen molar-refractivity contribution in [3.8, 4) is 11.5 Å². The second kappa shape index (κ2) is 10.6. The fourth-order valence-electron chi connectivity index (χ4n) is 3.22. The Kier molecular flexibility index (Phi) is 7.64. The summed E-state index contributed by atoms with van der Waals surface area (Å²) < 4.78 is 10.5. The van der Waals surface area contributed by atoms with E-state index in [2.05, 4.69) is 9.80 Å². The third-order valence-corrected chi connectivity index (χ3v) is 4.99. The molecule has 0 bridgehead atoms. The summed E-state index contributed by atoms with van der Waals surface area (Å²) in [5.74, 6) is -1.23. The zero-order valence-electron chi connectivity index (χ0n) is 16.7. The van der Waals surface area contributed by atoms with E-state index >= 15 is 0 Å². The predicted octanol–water partition coefficient (Wildman–Crippen LogP) is 1.73. The van der Waals surface area contributed by atoms with Crippen LogP contribution in [-0.4, -0.2) is 84.4 Å². The summed E-state index contributed by atoms with van der Waals surface area (Å²) in [7, 11) is 0. The Morgan fingerprint density at radius 3 is 1.43 bits per heavy atom. The van der Waals surface area contributed by atoms with E-state index in [1.807, 2.05) is 0 Å². The molecule has 1 aliphatic heterocycles. The van der Waals surface area contributed by atoms with Gasteiger partial charge in [0.15, 0.2) is 0 Å². The highest BCUT2D eigenvalue weighted by molar-refractivity contribution is 5.92. The van der Waals surface area contributed by atoms with Crippen LogP contribution in [0.5, 0.6) is 11.5 Å². The predicted molar refractivity (Wildman–Crippen MR) is 110 cm³/mol. The van der Waals surface area contributed by atoms with Gasteiger partial charge in [-0.25, -0.2) is 9.59 Å². The molecule has 0 spiro atoms. The van der Waals surface area contributed by atoms with Crippen LogP contribution in [0.4, 0.5) is 0 Å². The molecule has 160 valence electrons. The average molecular weight is 414 g/mol. The van der Waals surface area contributed by atoms with Crippen LogP contribution in [0.3, 0.4) is 0 Å². The van der Waals surface area contributed by atoms with Gasteiger partial charge in [-0.3, -0.25) is 9.80 Å². The second-order valence-electron chi connectivity index (χ2n) is 6.99. The van der Waals surface area contributed by atoms with Gasteiger partial charge in [0.2, 0.25) is 0 Å². The summed E-state index contributed by atoms with van der Waals surface area (Å²) in [5, 5.41) is 19.4. The van der Waals surface area contributed by atoms with Gasteiger partial charge in [0.05, 0.1) is 0 Å². The fourth-order valence-corrected chi connectivity index (χ4v) is 3.22. The minimum absolute atomic E-state index is 0.0840. The number of piperazine rings is 1. The molecule has 2 aromatic carbocycles. The number of ether oxygens (including phenoxy) is 2. The number of phenolic OH excluding ortho intramolecular Hbond substituents is 2. The van der Waals surface area contributed by atoms with Crippen LogP contribution in [0.2, 0.25) is 0 Å². The van der Waals surface area contributed by atoms with Crippen molar-refractivity contribution in [2.45, 2.75) is 0 Å². The second-order valence-corrected chi connectivity index (χ2v) is 6.99. The minimum atomic E-state index is -0.530. The van der Waals surface area contributed by atoms with Gasteiger partial charge in [0.25, 0.3) is 0 Å². The maximum Gasteiger partial charge on any atom is 0.341 e. The first kappa shape index (κ1) is 21.6. The van der Waals surface area contributed by atoms with E-state index in [9.17, 15) is 19.8 Å². The SMILES string of the molecule is O=C(OCCN1CCN(CCOC(=O)c2ccccc2O)CC1)c1ccccc1O. The van der Waals surface area contributed by atoms with Crippen LogP contribution < -0.4 is 0 Å². The lowest BCUT2D eigenvalue weighted by molar-refractivity contribution is 0.0349. The van der Waals surface area contributed by atoms with Crippen LogP contribution in [-0.2, 0) is 9.47 Å². The van der Waals surface area contributed by atoms with Gasteiger partial charge in [-0.15, -0.1) is 0 Å². The molecule has 0 aliphatic carbocycles. The van der Waals surface area contributed by atoms with Gasteiger partial charge < -0.3 is 19.7 Å². The average Bonchev–Trinajstić information content (AvgIpc) is 2.75. The third-order valence-electron chi connectivity index (χ3n) is 4.99. The normalized spacial score (nSPS) is 14.9. The number of rotatable bonds is 8. The Morgan fingerprint density at radius 1 is 0.700 bits per heavy atom. The van der Waals surface area contributed by atoms with Crippen molar-refractivity contribution in [2.75, 3.05) is 52.5 Å². The van der Waals surface area contributed by atoms with Gasteiger partial charge in [0, 0.05) is 39.3 Å². The highest BCUT2D eigenvalue weighted by atomic mass is 16.5. The smallest absolute Gasteiger partial charge is 0.341 e. The zero-order chi connectivity index (χ0) is 21.3. The van der Waals surface area contributed by atoms with Crippen molar-refractivity contribution in [3.63, 3.8) is 0 Å². The number of phenols is 2. The molecule has 0 radical (unpaired) electrons. The monoisotopic (exact) mass is 414 g/mol. The van der Waals surface area contributed by atoms with Crippen LogP contribution in [0.25, 0.3) is 0 Å². The number of benzene rings is 2. The topological polar surface area (TPSA) is 99.5 Å². The first-order chi connectivity index (χ1) is 14.5. The van der Waals surface area contributed by atoms with Crippen LogP contribution in [0.1, 0.15) is 20.7 Å². The van der Waals surface area contributed by atoms with Gasteiger partial charge in [-0.05, 0) is 24.3 Å². The van der Waals surface area contributed by atoms with Crippen molar-refractivity contribution in [3.05, 3.63) is 59.7 Å². The molecule has 1 fully saturated rings. The standard InChI is InChI=1S/C22H26N2O6/c25-19-7-3-1-5-17(19)21(27)29-15-13-23-9-11-24(12-10-23)14-16-30-22(28)18-6-2-4-8-20(18)26/h1-8,25-26H,9-16H2. The van der Waals surface area contributed by atoms with Gasteiger partial charge >= 0.3 is 11.9 Å². The Bertz CT molecular complexity index is 793. The van der Waals surface area contributed by atoms with E-state index in [-0.39, 0.29) is 35.8 Å². The molecule has 30 heavy (non-hydrogen) atoms. The lowest BCUT2D eigenvalue weighted by atomic mass is 10.2. The molecule has 0 saturated carbocycles. The van der Waals surface area contributed by atoms with Crippen molar-refractivity contribution in [1.82, 2.24) is 9.80 Å². The molecule has 0 aromatic heterocycles. The van der Waals surface area contributed by atoms with Crippen LogP contribution in [0.15, 0.2) is 48.5 Å². The molecule has 0 amide bonds. The van der Waals surface area contributed by atoms with E-state index in [0.717, 1.165) is 26.2 Å². The lowest BCUT2D eigenvalue weighted by Crippen LogP contribution is -2.48. The summed E-state index contributed by atoms with van der Waals surface area (Å²) in [5.41, 5.74) is 0.335. The largest absolute Gasteiger partial charge is 0.507 e. The molecule has 1 aliphatic rings. The number of carbonyl (C=O) groups is 2. The van der Waals surface area contributed by atoms with E-state index < -0.39 is 11.9 Å². The van der Waals surface area contributed by atoms with Gasteiger partial charge in [0.1, 0.15) is 35.8 Å². The fraction of sp³-hybridized carbons (Fsp3) is 0.364. The molecule has 1 heterocycles. The molecule has 8 heteroatoms. The van der Waals surface area contributed by atoms with Crippen molar-refractivity contribution in [2.24, 2.45) is 0 Å². The Hall–Kier alpha value is -3.10. The number of carbonyl (C=O) groups excluding carboxylic acids is 2. The van der Waals surface area contributed by atoms with Crippen LogP contribution >= 0.6 is 0 Å². The van der Waals surface area contributed by atoms with Crippen molar-refractivity contribution < 1.29 is 29.3 Å². The third kappa shape index (κ3) is 5.95. The first-order valence-corrected chi connectivity index (χ1v) is 9.89. The molecular formula is C22H26N2O6. The van der Waals surface area contributed by atoms with E-state index in [1.54, 1.807) is 24.3 Å². The number of hydrogen-bond donors (Lipinski definition) is 2. The summed E-state index contributed by atoms with van der Waals surface area (Å²) in [6.07, 6.45) is 0. The van der Waals surface area contributed by atoms with E-state index in [0.29, 0.717) is 13.1 Å². The van der Waals surface area contributed by atoms with E-state index in [1.165, 1.54) is 24.3 Å². The Balaban J connectivity index is 1.30. The maximum atomic E-state index is 12.0. The van der Waals surface area contributed by atoms with Gasteiger partial charge in [-0.1, -0.05) is 24.3 Å². The molecule has 1 saturated heterocycles. The lowest BCUT2D eigenvalue weighted by Gasteiger charge is -2.34. The minimum Gasteiger partial charge on any atom is -0.507 e. The Labute approximate surface area is 175 Å². The summed E-state index contributed by atoms with van der Waals surface area (Å²) in [4.78, 5) is 28.4. The number of hydrogen-bond acceptors (Lipinski definition) is 8. The maximum absolute atomic E-state index is 12.0. The molecule has 2 N–H and O–H groups in total. The number of nitrogens with zero attached hydrogens (tertiary/aromatic N) is 2. The molecule has 0 atom stereocenters. The van der Waals surface area contributed by atoms with Crippen molar-refractivity contribution >= 4 is 11.9 Å². The molecule has 0 unspecified atom stereocenters. The van der Waals surface area contributed by atoms with E-state index in [4.69, 9.17) is 9.47 Å². The zero-order valence-corrected chi connectivity index (χ0v) is 16.7. The molecule has 8 nitrogen and oxygen atoms in total. The molecule has 3 rings (SSSR count). The number of para-hydroxylation sites is 2. The molecular weight excluding hydrogens is 388 g/mol. The quantitative estimate of drug-likeness (QED) is 0.630. The highest BCUT2D eigenvalue weighted by Gasteiger charge is 2.19. The summed E-state index contributed by atoms with van der Waals surface area (Å²) in [6.45, 7) is 5.04. The highest BCUT2D eigenvalue weighted by Crippen LogP contribution is 2.17. The summed E-state index contributed by atoms with van der Waals surface area (Å²) >= 11 is 0. The summed E-state index contributed by atoms with van der Waals surface area (Å²) in [6, 6.07) is 12.6. The van der Waals surface area contributed by atoms with Gasteiger partial charge in [-0.2, -0.15) is 0 Å². The van der Waals surface area contributed by atoms with Crippen molar-refractivity contribution in [1.29, 1.82) is 0 Å². The number of esters is 2. The first-order valence-electron chi connectivity index (χ1n) is 9.89. The number of aromatic hydroxyl groups is 2. The Morgan fingerprint density at radius 2 is 1.07 bits per heavy atom.